The van der Waals surface area contributed by atoms with Crippen LogP contribution in [-0.4, -0.2) is 12.9 Å². The maximum Gasteiger partial charge on any atom is 0.261 e. The Kier molecular flexibility index (Phi) is 6.71. The lowest BCUT2D eigenvalue weighted by molar-refractivity contribution is 0.286. The topological polar surface area (TPSA) is 38.0 Å². The van der Waals surface area contributed by atoms with Crippen molar-refractivity contribution in [2.24, 2.45) is 0 Å². The van der Waals surface area contributed by atoms with Crippen LogP contribution in [-0.2, 0) is 11.0 Å². The SMILES string of the molecule is CC(C)(C)[Si](OCc1ccc(-n2c(Br)ccc2C#N)cc1)(c1ccccc1)c1ccccc1. The molecule has 5 heteroatoms. The first-order valence-corrected chi connectivity index (χ1v) is 13.7. The van der Waals surface area contributed by atoms with Crippen LogP contribution in [0.1, 0.15) is 32.0 Å². The molecule has 0 radical (unpaired) electrons. The minimum absolute atomic E-state index is 0.0622. The molecule has 0 amide bonds. The van der Waals surface area contributed by atoms with E-state index in [4.69, 9.17) is 4.43 Å². The van der Waals surface area contributed by atoms with E-state index in [0.29, 0.717) is 12.3 Å². The van der Waals surface area contributed by atoms with Crippen LogP contribution in [0, 0.1) is 11.3 Å². The van der Waals surface area contributed by atoms with E-state index in [2.05, 4.69) is 116 Å². The van der Waals surface area contributed by atoms with E-state index in [1.54, 1.807) is 0 Å². The van der Waals surface area contributed by atoms with Crippen LogP contribution < -0.4 is 10.4 Å². The van der Waals surface area contributed by atoms with E-state index in [0.717, 1.165) is 15.9 Å². The average molecular weight is 516 g/mol. The van der Waals surface area contributed by atoms with E-state index in [9.17, 15) is 5.26 Å². The van der Waals surface area contributed by atoms with Crippen LogP contribution >= 0.6 is 15.9 Å². The van der Waals surface area contributed by atoms with Crippen molar-refractivity contribution < 1.29 is 4.43 Å². The molecule has 0 fully saturated rings. The Hall–Kier alpha value is -2.91. The van der Waals surface area contributed by atoms with Crippen LogP contribution in [0.2, 0.25) is 5.04 Å². The van der Waals surface area contributed by atoms with Gasteiger partial charge in [0.25, 0.3) is 8.32 Å². The summed E-state index contributed by atoms with van der Waals surface area (Å²) in [5.74, 6) is 0. The van der Waals surface area contributed by atoms with Crippen LogP contribution in [0.25, 0.3) is 5.69 Å². The Balaban J connectivity index is 1.70. The molecule has 0 N–H and O–H groups in total. The van der Waals surface area contributed by atoms with Gasteiger partial charge in [0, 0.05) is 5.69 Å². The van der Waals surface area contributed by atoms with Crippen molar-refractivity contribution in [3.63, 3.8) is 0 Å². The quantitative estimate of drug-likeness (QED) is 0.287. The highest BCUT2D eigenvalue weighted by molar-refractivity contribution is 9.10. The summed E-state index contributed by atoms with van der Waals surface area (Å²) in [6.07, 6.45) is 0. The Labute approximate surface area is 205 Å². The van der Waals surface area contributed by atoms with Gasteiger partial charge < -0.3 is 4.43 Å². The van der Waals surface area contributed by atoms with E-state index in [1.807, 2.05) is 28.8 Å². The molecule has 0 bridgehead atoms. The molecule has 0 saturated heterocycles. The smallest absolute Gasteiger partial charge is 0.261 e. The fourth-order valence-electron chi connectivity index (χ4n) is 4.46. The number of nitrogens with zero attached hydrogens (tertiary/aromatic N) is 2. The van der Waals surface area contributed by atoms with Crippen molar-refractivity contribution in [3.8, 4) is 11.8 Å². The fourth-order valence-corrected chi connectivity index (χ4v) is 9.52. The predicted molar refractivity (Wildman–Crippen MR) is 141 cm³/mol. The van der Waals surface area contributed by atoms with Gasteiger partial charge in [0.05, 0.1) is 11.2 Å². The highest BCUT2D eigenvalue weighted by Gasteiger charge is 2.50. The zero-order valence-corrected chi connectivity index (χ0v) is 21.7. The summed E-state index contributed by atoms with van der Waals surface area (Å²) in [5, 5.41) is 11.9. The van der Waals surface area contributed by atoms with E-state index in [-0.39, 0.29) is 5.04 Å². The number of nitriles is 1. The molecule has 0 saturated carbocycles. The molecule has 3 nitrogen and oxygen atoms in total. The van der Waals surface area contributed by atoms with Gasteiger partial charge in [-0.15, -0.1) is 0 Å². The van der Waals surface area contributed by atoms with Crippen molar-refractivity contribution in [2.75, 3.05) is 0 Å². The molecule has 0 unspecified atom stereocenters. The van der Waals surface area contributed by atoms with Gasteiger partial charge in [-0.05, 0) is 61.2 Å². The third-order valence-corrected chi connectivity index (χ3v) is 11.6. The van der Waals surface area contributed by atoms with Crippen molar-refractivity contribution >= 4 is 34.6 Å². The van der Waals surface area contributed by atoms with Crippen molar-refractivity contribution in [1.82, 2.24) is 4.57 Å². The molecule has 0 aliphatic carbocycles. The molecule has 4 aromatic rings. The third-order valence-electron chi connectivity index (χ3n) is 6.01. The molecule has 166 valence electrons. The lowest BCUT2D eigenvalue weighted by atomic mass is 10.2. The highest BCUT2D eigenvalue weighted by Crippen LogP contribution is 2.37. The monoisotopic (exact) mass is 514 g/mol. The van der Waals surface area contributed by atoms with Gasteiger partial charge in [-0.2, -0.15) is 5.26 Å². The maximum absolute atomic E-state index is 9.41. The second kappa shape index (κ2) is 9.52. The molecule has 0 aliphatic heterocycles. The number of benzene rings is 3. The lowest BCUT2D eigenvalue weighted by Gasteiger charge is -2.43. The molecule has 3 aromatic carbocycles. The number of hydrogen-bond donors (Lipinski definition) is 0. The minimum atomic E-state index is -2.58. The molecule has 0 aliphatic rings. The number of aromatic nitrogens is 1. The number of halogens is 1. The molecular weight excluding hydrogens is 488 g/mol. The standard InChI is InChI=1S/C28H27BrN2OSi/c1-28(2,3)33(25-10-6-4-7-11-25,26-12-8-5-9-13-26)32-21-22-14-16-23(17-15-22)31-24(20-30)18-19-27(31)29/h4-19H,21H2,1-3H3. The van der Waals surface area contributed by atoms with Crippen LogP contribution in [0.3, 0.4) is 0 Å². The lowest BCUT2D eigenvalue weighted by Crippen LogP contribution is -2.66. The Morgan fingerprint density at radius 1 is 0.818 bits per heavy atom. The van der Waals surface area contributed by atoms with Crippen molar-refractivity contribution in [1.29, 1.82) is 5.26 Å². The summed E-state index contributed by atoms with van der Waals surface area (Å²) in [6.45, 7) is 7.38. The van der Waals surface area contributed by atoms with Gasteiger partial charge in [0.15, 0.2) is 0 Å². The van der Waals surface area contributed by atoms with Gasteiger partial charge in [-0.3, -0.25) is 4.57 Å². The fraction of sp³-hybridized carbons (Fsp3) is 0.179. The first-order valence-electron chi connectivity index (χ1n) is 11.0. The van der Waals surface area contributed by atoms with Crippen LogP contribution in [0.5, 0.6) is 0 Å². The summed E-state index contributed by atoms with van der Waals surface area (Å²) in [7, 11) is -2.58. The average Bonchev–Trinajstić information content (AvgIpc) is 3.21. The maximum atomic E-state index is 9.41. The minimum Gasteiger partial charge on any atom is -0.403 e. The summed E-state index contributed by atoms with van der Waals surface area (Å²) >= 11 is 3.54. The van der Waals surface area contributed by atoms with E-state index >= 15 is 0 Å². The van der Waals surface area contributed by atoms with Gasteiger partial charge in [-0.1, -0.05) is 93.6 Å². The Bertz CT molecular complexity index is 1210. The first-order chi connectivity index (χ1) is 15.9. The van der Waals surface area contributed by atoms with Gasteiger partial charge in [0.2, 0.25) is 0 Å². The highest BCUT2D eigenvalue weighted by atomic mass is 79.9. The summed E-state index contributed by atoms with van der Waals surface area (Å²) in [5.41, 5.74) is 2.64. The summed E-state index contributed by atoms with van der Waals surface area (Å²) in [4.78, 5) is 0. The van der Waals surface area contributed by atoms with Crippen molar-refractivity contribution in [2.45, 2.75) is 32.4 Å². The Morgan fingerprint density at radius 3 is 1.85 bits per heavy atom. The van der Waals surface area contributed by atoms with E-state index in [1.165, 1.54) is 10.4 Å². The van der Waals surface area contributed by atoms with Gasteiger partial charge in [-0.25, -0.2) is 0 Å². The molecule has 4 rings (SSSR count). The third kappa shape index (κ3) is 4.47. The van der Waals surface area contributed by atoms with Gasteiger partial charge >= 0.3 is 0 Å². The van der Waals surface area contributed by atoms with E-state index < -0.39 is 8.32 Å². The summed E-state index contributed by atoms with van der Waals surface area (Å²) < 4.78 is 9.77. The largest absolute Gasteiger partial charge is 0.403 e. The number of hydrogen-bond acceptors (Lipinski definition) is 2. The second-order valence-electron chi connectivity index (χ2n) is 9.11. The first kappa shape index (κ1) is 23.3. The molecule has 1 heterocycles. The predicted octanol–water partition coefficient (Wildman–Crippen LogP) is 6.19. The normalized spacial score (nSPS) is 11.8. The zero-order valence-electron chi connectivity index (χ0n) is 19.1. The zero-order chi connectivity index (χ0) is 23.5. The molecule has 0 spiro atoms. The molecule has 33 heavy (non-hydrogen) atoms. The van der Waals surface area contributed by atoms with Gasteiger partial charge in [0.1, 0.15) is 11.8 Å². The Morgan fingerprint density at radius 2 is 1.36 bits per heavy atom. The summed E-state index contributed by atoms with van der Waals surface area (Å²) in [6, 6.07) is 35.5. The van der Waals surface area contributed by atoms with Crippen LogP contribution in [0.15, 0.2) is 102 Å². The molecular formula is C28H27BrN2OSi. The molecule has 0 atom stereocenters. The number of rotatable bonds is 6. The van der Waals surface area contributed by atoms with Crippen molar-refractivity contribution in [3.05, 3.63) is 113 Å². The molecule has 1 aromatic heterocycles. The van der Waals surface area contributed by atoms with Crippen LogP contribution in [0.4, 0.5) is 0 Å². The second-order valence-corrected chi connectivity index (χ2v) is 14.2.